The summed E-state index contributed by atoms with van der Waals surface area (Å²) in [4.78, 5) is 26.4. The van der Waals surface area contributed by atoms with Gasteiger partial charge in [-0.15, -0.1) is 0 Å². The molecule has 0 radical (unpaired) electrons. The van der Waals surface area contributed by atoms with E-state index in [4.69, 9.17) is 28.3 Å². The molecule has 6 heteroatoms. The number of carboxylic acid groups (broad SMARTS) is 1. The van der Waals surface area contributed by atoms with Crippen molar-refractivity contribution in [1.82, 2.24) is 0 Å². The fourth-order valence-corrected chi connectivity index (χ4v) is 1.79. The molecule has 0 fully saturated rings. The van der Waals surface area contributed by atoms with E-state index in [0.29, 0.717) is 0 Å². The highest BCUT2D eigenvalue weighted by Crippen LogP contribution is 2.38. The van der Waals surface area contributed by atoms with E-state index < -0.39 is 17.7 Å². The molecule has 4 nitrogen and oxygen atoms in total. The highest BCUT2D eigenvalue weighted by molar-refractivity contribution is 6.44. The summed E-state index contributed by atoms with van der Waals surface area (Å²) in [5.74, 6) is -3.01. The third-order valence-corrected chi connectivity index (χ3v) is 3.03. The van der Waals surface area contributed by atoms with Crippen LogP contribution in [0.4, 0.5) is 5.69 Å². The maximum Gasteiger partial charge on any atom is 0.319 e. The van der Waals surface area contributed by atoms with Crippen LogP contribution in [0.1, 0.15) is 10.4 Å². The Balaban J connectivity index is 2.59. The topological polar surface area (TPSA) is 66.7 Å². The minimum absolute atomic E-state index is 0.160. The maximum atomic E-state index is 11.7. The SMILES string of the molecule is O=C(O)C1C=Nc2c(ccc(Cl)c2Cl)C1=O. The largest absolute Gasteiger partial charge is 0.480 e. The first-order valence-corrected chi connectivity index (χ1v) is 5.07. The molecule has 0 saturated carbocycles. The number of benzene rings is 1. The Labute approximate surface area is 101 Å². The van der Waals surface area contributed by atoms with Crippen molar-refractivity contribution >= 4 is 46.9 Å². The van der Waals surface area contributed by atoms with Crippen LogP contribution in [0.3, 0.4) is 0 Å². The number of hydrogen-bond donors (Lipinski definition) is 1. The van der Waals surface area contributed by atoms with Gasteiger partial charge in [-0.1, -0.05) is 23.2 Å². The Hall–Kier alpha value is -1.39. The number of aliphatic imine (C=N–C) groups is 1. The standard InChI is InChI=1S/C10H5Cl2NO3/c11-6-2-1-4-8(7(6)12)13-3-5(9(4)14)10(15)16/h1-3,5H,(H,15,16). The van der Waals surface area contributed by atoms with Crippen LogP contribution < -0.4 is 0 Å². The number of hydrogen-bond acceptors (Lipinski definition) is 3. The number of aliphatic carboxylic acids is 1. The third kappa shape index (κ3) is 1.60. The number of Topliss-reactive ketones (excluding diaryl/α,β-unsaturated/α-hetero) is 1. The monoisotopic (exact) mass is 257 g/mol. The zero-order valence-electron chi connectivity index (χ0n) is 7.78. The van der Waals surface area contributed by atoms with E-state index in [1.165, 1.54) is 12.1 Å². The number of halogens is 2. The smallest absolute Gasteiger partial charge is 0.319 e. The second-order valence-corrected chi connectivity index (χ2v) is 4.00. The second kappa shape index (κ2) is 3.88. The van der Waals surface area contributed by atoms with Crippen molar-refractivity contribution in [1.29, 1.82) is 0 Å². The molecule has 1 N–H and O–H groups in total. The number of nitrogens with zero attached hydrogens (tertiary/aromatic N) is 1. The van der Waals surface area contributed by atoms with Crippen molar-refractivity contribution in [3.05, 3.63) is 27.7 Å². The summed E-state index contributed by atoms with van der Waals surface area (Å²) >= 11 is 11.6. The Kier molecular flexibility index (Phi) is 2.69. The molecule has 1 aromatic carbocycles. The minimum Gasteiger partial charge on any atom is -0.480 e. The molecule has 1 heterocycles. The number of carboxylic acids is 1. The molecule has 1 aromatic rings. The first-order chi connectivity index (χ1) is 7.52. The molecule has 1 unspecified atom stereocenters. The van der Waals surface area contributed by atoms with Crippen molar-refractivity contribution in [3.63, 3.8) is 0 Å². The van der Waals surface area contributed by atoms with Gasteiger partial charge in [-0.3, -0.25) is 14.6 Å². The number of fused-ring (bicyclic) bond motifs is 1. The van der Waals surface area contributed by atoms with E-state index in [0.717, 1.165) is 6.21 Å². The van der Waals surface area contributed by atoms with E-state index in [9.17, 15) is 9.59 Å². The zero-order valence-corrected chi connectivity index (χ0v) is 9.29. The van der Waals surface area contributed by atoms with Crippen LogP contribution in [-0.4, -0.2) is 23.1 Å². The van der Waals surface area contributed by atoms with E-state index in [1.54, 1.807) is 0 Å². The number of rotatable bonds is 1. The lowest BCUT2D eigenvalue weighted by atomic mass is 9.95. The van der Waals surface area contributed by atoms with Gasteiger partial charge in [-0.2, -0.15) is 0 Å². The molecule has 0 aliphatic carbocycles. The fraction of sp³-hybridized carbons (Fsp3) is 0.100. The van der Waals surface area contributed by atoms with Gasteiger partial charge < -0.3 is 5.11 Å². The van der Waals surface area contributed by atoms with Crippen molar-refractivity contribution in [2.45, 2.75) is 0 Å². The molecule has 1 atom stereocenters. The van der Waals surface area contributed by atoms with Crippen LogP contribution in [0.2, 0.25) is 10.0 Å². The molecule has 0 saturated heterocycles. The molecule has 16 heavy (non-hydrogen) atoms. The first kappa shape index (κ1) is 11.1. The summed E-state index contributed by atoms with van der Waals surface area (Å²) in [5.41, 5.74) is 0.418. The molecule has 82 valence electrons. The Bertz CT molecular complexity index is 525. The molecule has 1 aliphatic heterocycles. The molecule has 1 aliphatic rings. The van der Waals surface area contributed by atoms with Gasteiger partial charge in [0.05, 0.1) is 15.7 Å². The molecular weight excluding hydrogens is 253 g/mol. The van der Waals surface area contributed by atoms with Gasteiger partial charge in [-0.25, -0.2) is 0 Å². The van der Waals surface area contributed by atoms with Gasteiger partial charge >= 0.3 is 5.97 Å². The van der Waals surface area contributed by atoms with Crippen molar-refractivity contribution < 1.29 is 14.7 Å². The molecule has 0 aromatic heterocycles. The quantitative estimate of drug-likeness (QED) is 0.787. The lowest BCUT2D eigenvalue weighted by molar-refractivity contribution is -0.137. The predicted octanol–water partition coefficient (Wildman–Crippen LogP) is 2.59. The second-order valence-electron chi connectivity index (χ2n) is 3.22. The van der Waals surface area contributed by atoms with Crippen LogP contribution in [0.5, 0.6) is 0 Å². The zero-order chi connectivity index (χ0) is 11.9. The van der Waals surface area contributed by atoms with Crippen molar-refractivity contribution in [2.75, 3.05) is 0 Å². The van der Waals surface area contributed by atoms with Crippen LogP contribution in [-0.2, 0) is 4.79 Å². The number of carbonyl (C=O) groups excluding carboxylic acids is 1. The van der Waals surface area contributed by atoms with Gasteiger partial charge in [0.1, 0.15) is 0 Å². The van der Waals surface area contributed by atoms with Crippen LogP contribution in [0, 0.1) is 5.92 Å². The lowest BCUT2D eigenvalue weighted by Crippen LogP contribution is -2.27. The van der Waals surface area contributed by atoms with Gasteiger partial charge in [0.25, 0.3) is 0 Å². The molecule has 0 spiro atoms. The Morgan fingerprint density at radius 1 is 1.38 bits per heavy atom. The highest BCUT2D eigenvalue weighted by atomic mass is 35.5. The normalized spacial score (nSPS) is 18.4. The van der Waals surface area contributed by atoms with Gasteiger partial charge in [-0.05, 0) is 12.1 Å². The van der Waals surface area contributed by atoms with E-state index in [-0.39, 0.29) is 21.3 Å². The summed E-state index contributed by atoms with van der Waals surface area (Å²) in [6.45, 7) is 0. The summed E-state index contributed by atoms with van der Waals surface area (Å²) in [6.07, 6.45) is 1.06. The van der Waals surface area contributed by atoms with Gasteiger partial charge in [0.15, 0.2) is 11.7 Å². The van der Waals surface area contributed by atoms with E-state index in [1.807, 2.05) is 0 Å². The molecule has 2 rings (SSSR count). The first-order valence-electron chi connectivity index (χ1n) is 4.31. The van der Waals surface area contributed by atoms with Crippen LogP contribution in [0.25, 0.3) is 0 Å². The maximum absolute atomic E-state index is 11.7. The predicted molar refractivity (Wildman–Crippen MR) is 60.1 cm³/mol. The minimum atomic E-state index is -1.25. The van der Waals surface area contributed by atoms with Gasteiger partial charge in [0, 0.05) is 11.8 Å². The highest BCUT2D eigenvalue weighted by Gasteiger charge is 2.31. The van der Waals surface area contributed by atoms with Crippen molar-refractivity contribution in [3.8, 4) is 0 Å². The van der Waals surface area contributed by atoms with Gasteiger partial charge in [0.2, 0.25) is 0 Å². The van der Waals surface area contributed by atoms with Crippen LogP contribution >= 0.6 is 23.2 Å². The Morgan fingerprint density at radius 2 is 2.06 bits per heavy atom. The van der Waals surface area contributed by atoms with Crippen molar-refractivity contribution in [2.24, 2.45) is 10.9 Å². The summed E-state index contributed by atoms with van der Waals surface area (Å²) in [6, 6.07) is 2.87. The molecular formula is C10H5Cl2NO3. The third-order valence-electron chi connectivity index (χ3n) is 2.24. The van der Waals surface area contributed by atoms with E-state index >= 15 is 0 Å². The Morgan fingerprint density at radius 3 is 2.69 bits per heavy atom. The fourth-order valence-electron chi connectivity index (χ4n) is 1.43. The number of ketones is 1. The average Bonchev–Trinajstić information content (AvgIpc) is 2.23. The molecule has 0 amide bonds. The summed E-state index contributed by atoms with van der Waals surface area (Å²) in [5, 5.41) is 9.22. The van der Waals surface area contributed by atoms with Crippen LogP contribution in [0.15, 0.2) is 17.1 Å². The van der Waals surface area contributed by atoms with E-state index in [2.05, 4.69) is 4.99 Å². The number of carbonyl (C=O) groups is 2. The average molecular weight is 258 g/mol. The summed E-state index contributed by atoms with van der Waals surface area (Å²) < 4.78 is 0. The molecule has 0 bridgehead atoms. The lowest BCUT2D eigenvalue weighted by Gasteiger charge is -2.15. The summed E-state index contributed by atoms with van der Waals surface area (Å²) in [7, 11) is 0.